The van der Waals surface area contributed by atoms with Crippen LogP contribution >= 0.6 is 0 Å². The third-order valence-electron chi connectivity index (χ3n) is 4.24. The second-order valence-electron chi connectivity index (χ2n) is 6.24. The van der Waals surface area contributed by atoms with Crippen LogP contribution < -0.4 is 20.7 Å². The van der Waals surface area contributed by atoms with Crippen LogP contribution in [0.4, 0.5) is 0 Å². The summed E-state index contributed by atoms with van der Waals surface area (Å²) in [7, 11) is 1.72. The van der Waals surface area contributed by atoms with Gasteiger partial charge < -0.3 is 20.7 Å². The molecule has 1 aromatic rings. The summed E-state index contributed by atoms with van der Waals surface area (Å²) in [6.07, 6.45) is 6.44. The molecule has 2 rings (SSSR count). The van der Waals surface area contributed by atoms with Crippen molar-refractivity contribution in [1.82, 2.24) is 16.0 Å². The molecule has 0 bridgehead atoms. The zero-order chi connectivity index (χ0) is 17.7. The number of nitrogens with one attached hydrogen (secondary N) is 3. The van der Waals surface area contributed by atoms with Gasteiger partial charge in [-0.3, -0.25) is 9.79 Å². The van der Waals surface area contributed by atoms with E-state index in [2.05, 4.69) is 20.9 Å². The SMILES string of the molecule is CN=C(NCCOc1ccccc1)NCCC(=O)NC1CCCCC1. The summed E-state index contributed by atoms with van der Waals surface area (Å²) in [5.74, 6) is 1.65. The Bertz CT molecular complexity index is 527. The van der Waals surface area contributed by atoms with Crippen molar-refractivity contribution in [2.45, 2.75) is 44.6 Å². The van der Waals surface area contributed by atoms with Crippen LogP contribution in [0.1, 0.15) is 38.5 Å². The number of aliphatic imine (C=N–C) groups is 1. The lowest BCUT2D eigenvalue weighted by Gasteiger charge is -2.22. The highest BCUT2D eigenvalue weighted by Crippen LogP contribution is 2.17. The van der Waals surface area contributed by atoms with Gasteiger partial charge in [0.2, 0.25) is 5.91 Å². The third-order valence-corrected chi connectivity index (χ3v) is 4.24. The number of para-hydroxylation sites is 1. The number of rotatable bonds is 8. The molecule has 1 fully saturated rings. The molecule has 0 saturated heterocycles. The van der Waals surface area contributed by atoms with E-state index in [-0.39, 0.29) is 5.91 Å². The lowest BCUT2D eigenvalue weighted by molar-refractivity contribution is -0.121. The first-order valence-electron chi connectivity index (χ1n) is 9.19. The monoisotopic (exact) mass is 346 g/mol. The second kappa shape index (κ2) is 11.3. The van der Waals surface area contributed by atoms with E-state index in [9.17, 15) is 4.79 Å². The molecule has 3 N–H and O–H groups in total. The molecule has 25 heavy (non-hydrogen) atoms. The molecular formula is C19H30N4O2. The first-order valence-corrected chi connectivity index (χ1v) is 9.19. The zero-order valence-electron chi connectivity index (χ0n) is 15.1. The minimum absolute atomic E-state index is 0.113. The Kier molecular flexibility index (Phi) is 8.66. The maximum atomic E-state index is 12.0. The molecule has 0 atom stereocenters. The largest absolute Gasteiger partial charge is 0.492 e. The van der Waals surface area contributed by atoms with Crippen LogP contribution in [0.3, 0.4) is 0 Å². The van der Waals surface area contributed by atoms with Crippen LogP contribution in [0.2, 0.25) is 0 Å². The van der Waals surface area contributed by atoms with Crippen LogP contribution in [0.15, 0.2) is 35.3 Å². The van der Waals surface area contributed by atoms with Gasteiger partial charge in [0.05, 0.1) is 6.54 Å². The van der Waals surface area contributed by atoms with Gasteiger partial charge in [-0.05, 0) is 25.0 Å². The van der Waals surface area contributed by atoms with E-state index in [0.29, 0.717) is 38.1 Å². The molecule has 1 aromatic carbocycles. The topological polar surface area (TPSA) is 74.8 Å². The molecule has 6 heteroatoms. The quantitative estimate of drug-likeness (QED) is 0.383. The van der Waals surface area contributed by atoms with Crippen LogP contribution in [0.25, 0.3) is 0 Å². The summed E-state index contributed by atoms with van der Waals surface area (Å²) < 4.78 is 5.62. The number of carbonyl (C=O) groups excluding carboxylic acids is 1. The zero-order valence-corrected chi connectivity index (χ0v) is 15.1. The highest BCUT2D eigenvalue weighted by Gasteiger charge is 2.15. The molecule has 138 valence electrons. The van der Waals surface area contributed by atoms with Crippen LogP contribution in [0.5, 0.6) is 5.75 Å². The molecule has 0 heterocycles. The number of benzene rings is 1. The molecular weight excluding hydrogens is 316 g/mol. The van der Waals surface area contributed by atoms with Crippen molar-refractivity contribution >= 4 is 11.9 Å². The summed E-state index contributed by atoms with van der Waals surface area (Å²) in [6.45, 7) is 1.76. The number of amides is 1. The lowest BCUT2D eigenvalue weighted by atomic mass is 9.95. The fraction of sp³-hybridized carbons (Fsp3) is 0.579. The first kappa shape index (κ1) is 19.1. The number of hydrogen-bond acceptors (Lipinski definition) is 3. The average molecular weight is 346 g/mol. The Hall–Kier alpha value is -2.24. The molecule has 1 saturated carbocycles. The summed E-state index contributed by atoms with van der Waals surface area (Å²) >= 11 is 0. The van der Waals surface area contributed by atoms with Gasteiger partial charge in [-0.25, -0.2) is 0 Å². The van der Waals surface area contributed by atoms with Gasteiger partial charge in [0, 0.05) is 26.1 Å². The van der Waals surface area contributed by atoms with Crippen molar-refractivity contribution in [2.24, 2.45) is 4.99 Å². The summed E-state index contributed by atoms with van der Waals surface area (Å²) in [4.78, 5) is 16.1. The van der Waals surface area contributed by atoms with Crippen molar-refractivity contribution < 1.29 is 9.53 Å². The molecule has 1 aliphatic rings. The van der Waals surface area contributed by atoms with E-state index in [1.807, 2.05) is 30.3 Å². The maximum Gasteiger partial charge on any atom is 0.221 e. The highest BCUT2D eigenvalue weighted by molar-refractivity contribution is 5.81. The van der Waals surface area contributed by atoms with Gasteiger partial charge in [-0.15, -0.1) is 0 Å². The number of hydrogen-bond donors (Lipinski definition) is 3. The van der Waals surface area contributed by atoms with Crippen molar-refractivity contribution in [3.63, 3.8) is 0 Å². The summed E-state index contributed by atoms with van der Waals surface area (Å²) in [5, 5.41) is 9.46. The fourth-order valence-corrected chi connectivity index (χ4v) is 2.92. The predicted octanol–water partition coefficient (Wildman–Crippen LogP) is 2.07. The van der Waals surface area contributed by atoms with E-state index in [1.165, 1.54) is 19.3 Å². The van der Waals surface area contributed by atoms with E-state index in [0.717, 1.165) is 18.6 Å². The van der Waals surface area contributed by atoms with E-state index >= 15 is 0 Å². The molecule has 0 spiro atoms. The summed E-state index contributed by atoms with van der Waals surface area (Å²) in [5.41, 5.74) is 0. The standard InChI is InChI=1S/C19H30N4O2/c1-20-19(22-14-15-25-17-10-6-3-7-11-17)21-13-12-18(24)23-16-8-4-2-5-9-16/h3,6-7,10-11,16H,2,4-5,8-9,12-15H2,1H3,(H,23,24)(H2,20,21,22). The van der Waals surface area contributed by atoms with E-state index in [1.54, 1.807) is 7.05 Å². The predicted molar refractivity (Wildman–Crippen MR) is 101 cm³/mol. The Labute approximate surface area is 150 Å². The van der Waals surface area contributed by atoms with Crippen LogP contribution in [-0.2, 0) is 4.79 Å². The second-order valence-corrected chi connectivity index (χ2v) is 6.24. The normalized spacial score (nSPS) is 15.5. The maximum absolute atomic E-state index is 12.0. The van der Waals surface area contributed by atoms with Crippen molar-refractivity contribution in [2.75, 3.05) is 26.7 Å². The third kappa shape index (κ3) is 7.92. The van der Waals surface area contributed by atoms with Crippen molar-refractivity contribution in [3.8, 4) is 5.75 Å². The van der Waals surface area contributed by atoms with Crippen molar-refractivity contribution in [1.29, 1.82) is 0 Å². The van der Waals surface area contributed by atoms with Gasteiger partial charge in [0.15, 0.2) is 5.96 Å². The molecule has 0 unspecified atom stereocenters. The molecule has 0 aliphatic heterocycles. The van der Waals surface area contributed by atoms with Gasteiger partial charge in [0.25, 0.3) is 0 Å². The van der Waals surface area contributed by atoms with Gasteiger partial charge in [0.1, 0.15) is 12.4 Å². The molecule has 1 amide bonds. The molecule has 1 aliphatic carbocycles. The van der Waals surface area contributed by atoms with E-state index in [4.69, 9.17) is 4.74 Å². The smallest absolute Gasteiger partial charge is 0.221 e. The Morgan fingerprint density at radius 1 is 1.12 bits per heavy atom. The van der Waals surface area contributed by atoms with Crippen LogP contribution in [0, 0.1) is 0 Å². The Morgan fingerprint density at radius 2 is 1.84 bits per heavy atom. The van der Waals surface area contributed by atoms with E-state index < -0.39 is 0 Å². The van der Waals surface area contributed by atoms with Gasteiger partial charge in [-0.1, -0.05) is 37.5 Å². The van der Waals surface area contributed by atoms with Crippen LogP contribution in [-0.4, -0.2) is 44.7 Å². The molecule has 6 nitrogen and oxygen atoms in total. The van der Waals surface area contributed by atoms with Crippen molar-refractivity contribution in [3.05, 3.63) is 30.3 Å². The fourth-order valence-electron chi connectivity index (χ4n) is 2.92. The number of ether oxygens (including phenoxy) is 1. The Morgan fingerprint density at radius 3 is 2.56 bits per heavy atom. The Balaban J connectivity index is 1.54. The average Bonchev–Trinajstić information content (AvgIpc) is 2.65. The van der Waals surface area contributed by atoms with Gasteiger partial charge in [-0.2, -0.15) is 0 Å². The number of nitrogens with zero attached hydrogens (tertiary/aromatic N) is 1. The number of guanidine groups is 1. The first-order chi connectivity index (χ1) is 12.3. The molecule has 0 aromatic heterocycles. The minimum Gasteiger partial charge on any atom is -0.492 e. The highest BCUT2D eigenvalue weighted by atomic mass is 16.5. The van der Waals surface area contributed by atoms with Gasteiger partial charge >= 0.3 is 0 Å². The summed E-state index contributed by atoms with van der Waals surface area (Å²) in [6, 6.07) is 10.1. The minimum atomic E-state index is 0.113. The lowest BCUT2D eigenvalue weighted by Crippen LogP contribution is -2.42. The number of carbonyl (C=O) groups is 1. The molecule has 0 radical (unpaired) electrons.